The second-order valence-electron chi connectivity index (χ2n) is 5.83. The van der Waals surface area contributed by atoms with Gasteiger partial charge in [-0.1, -0.05) is 45.9 Å². The monoisotopic (exact) mass is 397 g/mol. The number of fused-ring (bicyclic) bond motifs is 1. The van der Waals surface area contributed by atoms with Gasteiger partial charge in [0, 0.05) is 28.6 Å². The van der Waals surface area contributed by atoms with Gasteiger partial charge in [0.25, 0.3) is 5.91 Å². The summed E-state index contributed by atoms with van der Waals surface area (Å²) in [5, 5.41) is 3.81. The number of nitrogens with two attached hydrogens (primary N) is 1. The Bertz CT molecular complexity index is 975. The topological polar surface area (TPSA) is 85.1 Å². The zero-order chi connectivity index (χ0) is 19.2. The molecule has 3 aromatic rings. The molecule has 27 heavy (non-hydrogen) atoms. The van der Waals surface area contributed by atoms with E-state index in [2.05, 4.69) is 10.3 Å². The summed E-state index contributed by atoms with van der Waals surface area (Å²) in [7, 11) is 3.28. The van der Waals surface area contributed by atoms with Crippen LogP contribution in [0.5, 0.6) is 0 Å². The lowest BCUT2D eigenvalue weighted by atomic mass is 10.1. The minimum atomic E-state index is -0.446. The lowest BCUT2D eigenvalue weighted by Crippen LogP contribution is -2.26. The zero-order valence-corrected chi connectivity index (χ0v) is 16.4. The number of benzene rings is 2. The molecule has 138 valence electrons. The molecule has 0 unspecified atom stereocenters. The van der Waals surface area contributed by atoms with Crippen molar-refractivity contribution in [1.29, 1.82) is 0 Å². The summed E-state index contributed by atoms with van der Waals surface area (Å²) in [6.07, 6.45) is 4.35. The fourth-order valence-corrected chi connectivity index (χ4v) is 4.25. The number of rotatable bonds is 7. The Hall–Kier alpha value is -2.51. The molecule has 0 radical (unpaired) electrons. The van der Waals surface area contributed by atoms with Gasteiger partial charge < -0.3 is 11.1 Å². The largest absolute Gasteiger partial charge is 0.366 e. The molecule has 2 amide bonds. The summed E-state index contributed by atoms with van der Waals surface area (Å²) in [5.74, 6) is -0.569. The molecule has 0 fully saturated rings. The third kappa shape index (κ3) is 4.61. The molecule has 3 rings (SSSR count). The van der Waals surface area contributed by atoms with Gasteiger partial charge in [0.05, 0.1) is 11.1 Å². The average molecular weight is 398 g/mol. The highest BCUT2D eigenvalue weighted by Crippen LogP contribution is 2.34. The van der Waals surface area contributed by atoms with E-state index in [1.165, 1.54) is 0 Å². The molecule has 3 N–H and O–H groups in total. The van der Waals surface area contributed by atoms with Crippen molar-refractivity contribution >= 4 is 44.3 Å². The van der Waals surface area contributed by atoms with E-state index in [9.17, 15) is 9.59 Å². The molecular formula is C20H19N3O2S2. The normalized spacial score (nSPS) is 10.7. The van der Waals surface area contributed by atoms with Crippen LogP contribution in [0.15, 0.2) is 59.6 Å². The lowest BCUT2D eigenvalue weighted by molar-refractivity contribution is 0.0954. The Kier molecular flexibility index (Phi) is 6.36. The number of carbonyl (C=O) groups is 2. The van der Waals surface area contributed by atoms with Crippen molar-refractivity contribution in [3.8, 4) is 0 Å². The van der Waals surface area contributed by atoms with Crippen LogP contribution in [0, 0.1) is 0 Å². The Balaban J connectivity index is 1.69. The lowest BCUT2D eigenvalue weighted by Gasteiger charge is -2.10. The van der Waals surface area contributed by atoms with Crippen LogP contribution >= 0.6 is 21.6 Å². The SMILES string of the molecule is CSSc1cccc2c(C(=O)NCCc3ccc(C(N)=O)cc3)ccnc12. The number of primary amides is 1. The van der Waals surface area contributed by atoms with Gasteiger partial charge in [0.15, 0.2) is 0 Å². The molecule has 0 aliphatic rings. The molecule has 0 aliphatic heterocycles. The van der Waals surface area contributed by atoms with Gasteiger partial charge in [-0.15, -0.1) is 0 Å². The number of nitrogens with zero attached hydrogens (tertiary/aromatic N) is 1. The molecular weight excluding hydrogens is 378 g/mol. The van der Waals surface area contributed by atoms with Crippen LogP contribution in [0.2, 0.25) is 0 Å². The van der Waals surface area contributed by atoms with Gasteiger partial charge in [-0.05, 0) is 42.5 Å². The van der Waals surface area contributed by atoms with Crippen molar-refractivity contribution in [1.82, 2.24) is 10.3 Å². The number of pyridine rings is 1. The first-order valence-electron chi connectivity index (χ1n) is 8.35. The van der Waals surface area contributed by atoms with Gasteiger partial charge in [0.2, 0.25) is 5.91 Å². The summed E-state index contributed by atoms with van der Waals surface area (Å²) >= 11 is 0. The fourth-order valence-electron chi connectivity index (χ4n) is 2.76. The summed E-state index contributed by atoms with van der Waals surface area (Å²) in [6, 6.07) is 14.7. The van der Waals surface area contributed by atoms with Crippen LogP contribution in [-0.2, 0) is 6.42 Å². The van der Waals surface area contributed by atoms with Crippen LogP contribution < -0.4 is 11.1 Å². The van der Waals surface area contributed by atoms with Crippen LogP contribution in [0.1, 0.15) is 26.3 Å². The molecule has 2 aromatic carbocycles. The predicted molar refractivity (Wildman–Crippen MR) is 112 cm³/mol. The second kappa shape index (κ2) is 8.92. The Labute approximate surface area is 165 Å². The van der Waals surface area contributed by atoms with E-state index in [0.29, 0.717) is 24.1 Å². The van der Waals surface area contributed by atoms with Crippen molar-refractivity contribution < 1.29 is 9.59 Å². The molecule has 0 atom stereocenters. The van der Waals surface area contributed by atoms with Crippen molar-refractivity contribution in [3.63, 3.8) is 0 Å². The van der Waals surface area contributed by atoms with E-state index in [0.717, 1.165) is 21.4 Å². The summed E-state index contributed by atoms with van der Waals surface area (Å²) in [5.41, 5.74) is 8.20. The van der Waals surface area contributed by atoms with E-state index in [1.54, 1.807) is 46.0 Å². The van der Waals surface area contributed by atoms with E-state index < -0.39 is 5.91 Å². The van der Waals surface area contributed by atoms with Gasteiger partial charge in [-0.2, -0.15) is 0 Å². The minimum Gasteiger partial charge on any atom is -0.366 e. The number of hydrogen-bond acceptors (Lipinski definition) is 5. The quantitative estimate of drug-likeness (QED) is 0.594. The summed E-state index contributed by atoms with van der Waals surface area (Å²) in [6.45, 7) is 0.498. The Morgan fingerprint density at radius 2 is 1.89 bits per heavy atom. The average Bonchev–Trinajstić information content (AvgIpc) is 2.68. The third-order valence-corrected chi connectivity index (χ3v) is 5.80. The first-order valence-corrected chi connectivity index (χ1v) is 10.9. The molecule has 5 nitrogen and oxygen atoms in total. The maximum Gasteiger partial charge on any atom is 0.252 e. The van der Waals surface area contributed by atoms with Gasteiger partial charge >= 0.3 is 0 Å². The van der Waals surface area contributed by atoms with Crippen molar-refractivity contribution in [2.75, 3.05) is 12.8 Å². The Morgan fingerprint density at radius 1 is 1.11 bits per heavy atom. The molecule has 0 bridgehead atoms. The van der Waals surface area contributed by atoms with Crippen molar-refractivity contribution in [2.45, 2.75) is 11.3 Å². The van der Waals surface area contributed by atoms with Gasteiger partial charge in [-0.3, -0.25) is 14.6 Å². The van der Waals surface area contributed by atoms with Crippen molar-refractivity contribution in [2.24, 2.45) is 5.73 Å². The molecule has 0 saturated carbocycles. The molecule has 0 spiro atoms. The smallest absolute Gasteiger partial charge is 0.252 e. The first kappa shape index (κ1) is 19.3. The maximum absolute atomic E-state index is 12.6. The number of amides is 2. The standard InChI is InChI=1S/C20H19N3O2S2/c1-26-27-17-4-2-3-15-16(10-12-22-18(15)17)20(25)23-11-9-13-5-7-14(8-6-13)19(21)24/h2-8,10,12H,9,11H2,1H3,(H2,21,24)(H,23,25). The first-order chi connectivity index (χ1) is 13.1. The Morgan fingerprint density at radius 3 is 2.59 bits per heavy atom. The molecule has 0 saturated heterocycles. The highest BCUT2D eigenvalue weighted by Gasteiger charge is 2.12. The van der Waals surface area contributed by atoms with Crippen LogP contribution in [0.3, 0.4) is 0 Å². The molecule has 1 aromatic heterocycles. The highest BCUT2D eigenvalue weighted by molar-refractivity contribution is 8.76. The van der Waals surface area contributed by atoms with Crippen LogP contribution in [0.25, 0.3) is 10.9 Å². The summed E-state index contributed by atoms with van der Waals surface area (Å²) in [4.78, 5) is 29.2. The minimum absolute atomic E-state index is 0.123. The number of para-hydroxylation sites is 1. The maximum atomic E-state index is 12.6. The summed E-state index contributed by atoms with van der Waals surface area (Å²) < 4.78 is 0. The third-order valence-electron chi connectivity index (χ3n) is 4.09. The van der Waals surface area contributed by atoms with E-state index >= 15 is 0 Å². The van der Waals surface area contributed by atoms with E-state index in [-0.39, 0.29) is 5.91 Å². The number of carbonyl (C=O) groups excluding carboxylic acids is 2. The van der Waals surface area contributed by atoms with Crippen molar-refractivity contribution in [3.05, 3.63) is 71.4 Å². The molecule has 0 aliphatic carbocycles. The van der Waals surface area contributed by atoms with Gasteiger partial charge in [-0.25, -0.2) is 0 Å². The van der Waals surface area contributed by atoms with E-state index in [4.69, 9.17) is 5.73 Å². The highest BCUT2D eigenvalue weighted by atomic mass is 33.1. The number of aromatic nitrogens is 1. The van der Waals surface area contributed by atoms with E-state index in [1.807, 2.05) is 36.6 Å². The fraction of sp³-hybridized carbons (Fsp3) is 0.150. The molecule has 1 heterocycles. The second-order valence-corrected chi connectivity index (χ2v) is 8.27. The van der Waals surface area contributed by atoms with Crippen LogP contribution in [-0.4, -0.2) is 29.6 Å². The van der Waals surface area contributed by atoms with Gasteiger partial charge in [0.1, 0.15) is 0 Å². The van der Waals surface area contributed by atoms with Crippen LogP contribution in [0.4, 0.5) is 0 Å². The number of hydrogen-bond donors (Lipinski definition) is 2. The molecule has 7 heteroatoms. The predicted octanol–water partition coefficient (Wildman–Crippen LogP) is 3.68. The zero-order valence-electron chi connectivity index (χ0n) is 14.8. The number of nitrogens with one attached hydrogen (secondary N) is 1.